The van der Waals surface area contributed by atoms with Gasteiger partial charge in [0.15, 0.2) is 0 Å². The molecule has 0 saturated carbocycles. The van der Waals surface area contributed by atoms with Crippen molar-refractivity contribution in [1.29, 1.82) is 5.26 Å². The molecule has 0 atom stereocenters. The highest BCUT2D eigenvalue weighted by atomic mass is 16.2. The van der Waals surface area contributed by atoms with Gasteiger partial charge in [-0.1, -0.05) is 30.3 Å². The minimum absolute atomic E-state index is 0.0589. The molecule has 0 aromatic heterocycles. The van der Waals surface area contributed by atoms with Crippen LogP contribution in [-0.4, -0.2) is 41.9 Å². The van der Waals surface area contributed by atoms with Crippen molar-refractivity contribution in [3.63, 3.8) is 0 Å². The van der Waals surface area contributed by atoms with Gasteiger partial charge in [-0.15, -0.1) is 0 Å². The topological polar surface area (TPSA) is 47.3 Å². The molecule has 1 amide bonds. The van der Waals surface area contributed by atoms with Gasteiger partial charge >= 0.3 is 0 Å². The van der Waals surface area contributed by atoms with E-state index in [-0.39, 0.29) is 5.91 Å². The Morgan fingerprint density at radius 1 is 1.09 bits per heavy atom. The molecule has 0 unspecified atom stereocenters. The first kappa shape index (κ1) is 15.3. The highest BCUT2D eigenvalue weighted by molar-refractivity contribution is 5.93. The van der Waals surface area contributed by atoms with Crippen molar-refractivity contribution in [2.75, 3.05) is 26.2 Å². The van der Waals surface area contributed by atoms with E-state index < -0.39 is 0 Å². The van der Waals surface area contributed by atoms with Crippen molar-refractivity contribution in [2.45, 2.75) is 6.54 Å². The van der Waals surface area contributed by atoms with E-state index in [2.05, 4.69) is 17.0 Å². The molecule has 1 saturated heterocycles. The normalized spacial score (nSPS) is 15.2. The second kappa shape index (κ2) is 7.08. The molecule has 2 aromatic carbocycles. The Morgan fingerprint density at radius 2 is 1.83 bits per heavy atom. The van der Waals surface area contributed by atoms with Gasteiger partial charge in [-0.05, 0) is 29.8 Å². The first-order valence-electron chi connectivity index (χ1n) is 7.73. The van der Waals surface area contributed by atoms with Gasteiger partial charge in [-0.3, -0.25) is 9.69 Å². The quantitative estimate of drug-likeness (QED) is 0.874. The van der Waals surface area contributed by atoms with Crippen molar-refractivity contribution in [1.82, 2.24) is 9.80 Å². The number of rotatable bonds is 3. The maximum Gasteiger partial charge on any atom is 0.254 e. The van der Waals surface area contributed by atoms with Crippen LogP contribution >= 0.6 is 0 Å². The maximum atomic E-state index is 12.4. The van der Waals surface area contributed by atoms with Crippen LogP contribution in [0.25, 0.3) is 0 Å². The monoisotopic (exact) mass is 304 g/mol. The molecule has 0 spiro atoms. The number of carbonyl (C=O) groups excluding carboxylic acids is 1. The summed E-state index contributed by atoms with van der Waals surface area (Å²) >= 11 is 0. The molecule has 3 rings (SSSR count). The van der Waals surface area contributed by atoms with E-state index in [4.69, 9.17) is 5.26 Å². The number of carbonyl (C=O) groups is 1. The van der Waals surface area contributed by atoms with Crippen LogP contribution in [0.3, 0.4) is 0 Å². The number of amides is 1. The molecule has 0 aliphatic carbocycles. The lowest BCUT2D eigenvalue weighted by atomic mass is 10.1. The highest BCUT2D eigenvalue weighted by Crippen LogP contribution is 2.12. The second-order valence-corrected chi connectivity index (χ2v) is 5.65. The lowest BCUT2D eigenvalue weighted by molar-refractivity contribution is 0.0628. The van der Waals surface area contributed by atoms with E-state index in [0.717, 1.165) is 32.7 Å². The average Bonchev–Trinajstić information content (AvgIpc) is 2.63. The molecule has 0 bridgehead atoms. The number of nitriles is 1. The van der Waals surface area contributed by atoms with Crippen molar-refractivity contribution >= 4 is 5.91 Å². The Balaban J connectivity index is 1.54. The Labute approximate surface area is 136 Å². The smallest absolute Gasteiger partial charge is 0.254 e. The molecule has 115 valence electrons. The minimum Gasteiger partial charge on any atom is -0.336 e. The lowest BCUT2D eigenvalue weighted by Gasteiger charge is -2.34. The average molecular weight is 304 g/mol. The molecule has 1 fully saturated rings. The third-order valence-corrected chi connectivity index (χ3v) is 4.09. The summed E-state index contributed by atoms with van der Waals surface area (Å²) in [5.41, 5.74) is 2.51. The Morgan fingerprint density at radius 3 is 2.43 bits per heavy atom. The summed E-state index contributed by atoms with van der Waals surface area (Å²) in [6, 6.07) is 20.1. The molecule has 1 aliphatic heterocycles. The van der Waals surface area contributed by atoms with E-state index in [9.17, 15) is 4.79 Å². The van der Waals surface area contributed by atoms with Crippen LogP contribution in [0.4, 0.5) is 0 Å². The van der Waals surface area contributed by atoms with E-state index >= 15 is 0 Å². The summed E-state index contributed by atoms with van der Waals surface area (Å²) in [5.74, 6) is 0.0589. The third-order valence-electron chi connectivity index (χ3n) is 4.09. The van der Waals surface area contributed by atoms with Crippen molar-refractivity contribution in [3.8, 4) is 6.07 Å². The van der Waals surface area contributed by atoms with Crippen LogP contribution in [0.5, 0.6) is 0 Å². The zero-order chi connectivity index (χ0) is 16.1. The largest absolute Gasteiger partial charge is 0.336 e. The first-order valence-corrected chi connectivity index (χ1v) is 7.73. The summed E-state index contributed by atoms with van der Waals surface area (Å²) in [6.45, 7) is 4.04. The maximum absolute atomic E-state index is 12.4. The number of benzene rings is 2. The van der Waals surface area contributed by atoms with Gasteiger partial charge in [0.25, 0.3) is 5.91 Å². The summed E-state index contributed by atoms with van der Waals surface area (Å²) in [6.07, 6.45) is 0. The van der Waals surface area contributed by atoms with Gasteiger partial charge in [0.2, 0.25) is 0 Å². The zero-order valence-electron chi connectivity index (χ0n) is 12.9. The van der Waals surface area contributed by atoms with Crippen LogP contribution in [-0.2, 0) is 6.54 Å². The molecule has 4 heteroatoms. The Kier molecular flexibility index (Phi) is 4.70. The van der Waals surface area contributed by atoms with Crippen LogP contribution in [0.1, 0.15) is 21.5 Å². The predicted molar refractivity (Wildman–Crippen MR) is 87.6 cm³/mol. The molecule has 2 aromatic rings. The van der Waals surface area contributed by atoms with E-state index in [1.54, 1.807) is 6.07 Å². The molecule has 4 nitrogen and oxygen atoms in total. The SMILES string of the molecule is N#Cc1ccc(CN2CCN(C(=O)c3[c]cccc3)CC2)cc1. The summed E-state index contributed by atoms with van der Waals surface area (Å²) in [7, 11) is 0. The van der Waals surface area contributed by atoms with Gasteiger partial charge in [-0.2, -0.15) is 5.26 Å². The fraction of sp³-hybridized carbons (Fsp3) is 0.263. The van der Waals surface area contributed by atoms with E-state index in [0.29, 0.717) is 11.1 Å². The third kappa shape index (κ3) is 3.77. The first-order chi connectivity index (χ1) is 11.3. The van der Waals surface area contributed by atoms with Gasteiger partial charge in [0, 0.05) is 38.3 Å². The fourth-order valence-corrected chi connectivity index (χ4v) is 2.75. The van der Waals surface area contributed by atoms with Crippen LogP contribution < -0.4 is 0 Å². The number of hydrogen-bond donors (Lipinski definition) is 0. The molecule has 1 aliphatic rings. The number of piperazine rings is 1. The molecular formula is C19H18N3O. The zero-order valence-corrected chi connectivity index (χ0v) is 12.9. The Hall–Kier alpha value is -2.64. The molecule has 1 radical (unpaired) electrons. The number of hydrogen-bond acceptors (Lipinski definition) is 3. The minimum atomic E-state index is 0.0589. The van der Waals surface area contributed by atoms with Gasteiger partial charge < -0.3 is 4.90 Å². The second-order valence-electron chi connectivity index (χ2n) is 5.65. The van der Waals surface area contributed by atoms with E-state index in [1.807, 2.05) is 47.4 Å². The van der Waals surface area contributed by atoms with Crippen molar-refractivity contribution < 1.29 is 4.79 Å². The Bertz CT molecular complexity index is 696. The predicted octanol–water partition coefficient (Wildman–Crippen LogP) is 2.32. The number of nitrogens with zero attached hydrogens (tertiary/aromatic N) is 3. The molecule has 1 heterocycles. The van der Waals surface area contributed by atoms with Crippen molar-refractivity contribution in [3.05, 3.63) is 71.3 Å². The summed E-state index contributed by atoms with van der Waals surface area (Å²) in [5, 5.41) is 8.82. The van der Waals surface area contributed by atoms with Gasteiger partial charge in [-0.25, -0.2) is 0 Å². The summed E-state index contributed by atoms with van der Waals surface area (Å²) in [4.78, 5) is 16.6. The lowest BCUT2D eigenvalue weighted by Crippen LogP contribution is -2.48. The standard InChI is InChI=1S/C19H18N3O/c20-14-16-6-8-17(9-7-16)15-21-10-12-22(13-11-21)19(23)18-4-2-1-3-5-18/h1-4,6-9H,10-13,15H2. The van der Waals surface area contributed by atoms with Gasteiger partial charge in [0.1, 0.15) is 0 Å². The van der Waals surface area contributed by atoms with Crippen LogP contribution in [0.2, 0.25) is 0 Å². The van der Waals surface area contributed by atoms with Crippen molar-refractivity contribution in [2.24, 2.45) is 0 Å². The molecule has 23 heavy (non-hydrogen) atoms. The van der Waals surface area contributed by atoms with Gasteiger partial charge in [0.05, 0.1) is 11.6 Å². The highest BCUT2D eigenvalue weighted by Gasteiger charge is 2.22. The fourth-order valence-electron chi connectivity index (χ4n) is 2.75. The van der Waals surface area contributed by atoms with E-state index in [1.165, 1.54) is 5.56 Å². The van der Waals surface area contributed by atoms with Crippen LogP contribution in [0.15, 0.2) is 48.5 Å². The molecular weight excluding hydrogens is 286 g/mol. The molecule has 0 N–H and O–H groups in total. The van der Waals surface area contributed by atoms with Crippen LogP contribution in [0, 0.1) is 17.4 Å². The summed E-state index contributed by atoms with van der Waals surface area (Å²) < 4.78 is 0.